The van der Waals surface area contributed by atoms with Crippen LogP contribution in [0.25, 0.3) is 73.4 Å². The Hall–Kier alpha value is -5.42. The standard InChI is InChI=1S/C42H25NOS2/c1-2-10-26(11-3-1)29-14-8-15-33-34-16-9-17-36(42(34)46-41(29)33)43(27-21-23-38-35(24-27)30-12-4-6-18-37(30)44-38)28-20-22-32-31-13-5-7-19-39(31)45-40(32)25-28/h1-25H. The molecular formula is C42H25NOS2. The quantitative estimate of drug-likeness (QED) is 0.194. The molecule has 0 amide bonds. The van der Waals surface area contributed by atoms with Crippen LogP contribution in [0, 0.1) is 0 Å². The molecule has 0 spiro atoms. The van der Waals surface area contributed by atoms with Gasteiger partial charge < -0.3 is 9.32 Å². The number of thiophene rings is 2. The van der Waals surface area contributed by atoms with E-state index in [1.807, 2.05) is 34.8 Å². The van der Waals surface area contributed by atoms with Gasteiger partial charge in [0.25, 0.3) is 0 Å². The third-order valence-electron chi connectivity index (χ3n) is 9.07. The van der Waals surface area contributed by atoms with Crippen LogP contribution >= 0.6 is 22.7 Å². The summed E-state index contributed by atoms with van der Waals surface area (Å²) >= 11 is 3.74. The summed E-state index contributed by atoms with van der Waals surface area (Å²) in [6, 6.07) is 54.7. The minimum atomic E-state index is 0.900. The van der Waals surface area contributed by atoms with Crippen molar-refractivity contribution < 1.29 is 4.42 Å². The molecular weight excluding hydrogens is 599 g/mol. The van der Waals surface area contributed by atoms with Gasteiger partial charge in [-0.3, -0.25) is 0 Å². The summed E-state index contributed by atoms with van der Waals surface area (Å²) in [4.78, 5) is 2.44. The van der Waals surface area contributed by atoms with Crippen molar-refractivity contribution in [2.24, 2.45) is 0 Å². The van der Waals surface area contributed by atoms with E-state index in [1.54, 1.807) is 0 Å². The van der Waals surface area contributed by atoms with Crippen molar-refractivity contribution >= 4 is 102 Å². The smallest absolute Gasteiger partial charge is 0.135 e. The summed E-state index contributed by atoms with van der Waals surface area (Å²) in [6.07, 6.45) is 0. The molecule has 0 aliphatic carbocycles. The summed E-state index contributed by atoms with van der Waals surface area (Å²) in [5.74, 6) is 0. The predicted molar refractivity (Wildman–Crippen MR) is 200 cm³/mol. The predicted octanol–water partition coefficient (Wildman–Crippen LogP) is 13.5. The summed E-state index contributed by atoms with van der Waals surface area (Å²) in [5, 5.41) is 7.43. The van der Waals surface area contributed by atoms with E-state index in [-0.39, 0.29) is 0 Å². The lowest BCUT2D eigenvalue weighted by atomic mass is 10.0. The van der Waals surface area contributed by atoms with Gasteiger partial charge in [0.15, 0.2) is 0 Å². The SMILES string of the molecule is c1ccc(-c2cccc3c2sc2c(N(c4ccc5c(c4)sc4ccccc45)c4ccc5oc6ccccc6c5c4)cccc23)cc1. The molecule has 7 aromatic carbocycles. The second-order valence-corrected chi connectivity index (χ2v) is 13.8. The van der Waals surface area contributed by atoms with Crippen LogP contribution in [0.2, 0.25) is 0 Å². The van der Waals surface area contributed by atoms with Gasteiger partial charge >= 0.3 is 0 Å². The van der Waals surface area contributed by atoms with Crippen molar-refractivity contribution in [1.82, 2.24) is 0 Å². The van der Waals surface area contributed by atoms with Gasteiger partial charge in [-0.25, -0.2) is 0 Å². The Kier molecular flexibility index (Phi) is 5.65. The van der Waals surface area contributed by atoms with Crippen LogP contribution in [0.1, 0.15) is 0 Å². The molecule has 10 rings (SSSR count). The summed E-state index contributed by atoms with van der Waals surface area (Å²) in [7, 11) is 0. The highest BCUT2D eigenvalue weighted by atomic mass is 32.1. The van der Waals surface area contributed by atoms with Gasteiger partial charge in [-0.1, -0.05) is 103 Å². The van der Waals surface area contributed by atoms with Crippen molar-refractivity contribution in [2.45, 2.75) is 0 Å². The minimum absolute atomic E-state index is 0.900. The zero-order valence-corrected chi connectivity index (χ0v) is 26.2. The molecule has 0 saturated carbocycles. The topological polar surface area (TPSA) is 16.4 Å². The van der Waals surface area contributed by atoms with E-state index < -0.39 is 0 Å². The van der Waals surface area contributed by atoms with E-state index >= 15 is 0 Å². The van der Waals surface area contributed by atoms with Crippen LogP contribution in [0.5, 0.6) is 0 Å². The highest BCUT2D eigenvalue weighted by Crippen LogP contribution is 2.48. The maximum Gasteiger partial charge on any atom is 0.135 e. The molecule has 0 radical (unpaired) electrons. The average molecular weight is 624 g/mol. The number of benzene rings is 7. The number of hydrogen-bond acceptors (Lipinski definition) is 4. The first-order valence-electron chi connectivity index (χ1n) is 15.4. The van der Waals surface area contributed by atoms with Crippen LogP contribution in [0.15, 0.2) is 156 Å². The Morgan fingerprint density at radius 2 is 1.09 bits per heavy atom. The highest BCUT2D eigenvalue weighted by molar-refractivity contribution is 7.27. The van der Waals surface area contributed by atoms with Gasteiger partial charge in [-0.2, -0.15) is 0 Å². The van der Waals surface area contributed by atoms with E-state index in [1.165, 1.54) is 57.2 Å². The fraction of sp³-hybridized carbons (Fsp3) is 0. The number of nitrogens with zero attached hydrogens (tertiary/aromatic N) is 1. The number of hydrogen-bond donors (Lipinski definition) is 0. The third kappa shape index (κ3) is 3.87. The highest BCUT2D eigenvalue weighted by Gasteiger charge is 2.21. The summed E-state index contributed by atoms with van der Waals surface area (Å²) < 4.78 is 11.4. The first kappa shape index (κ1) is 25.9. The molecule has 0 fully saturated rings. The number of anilines is 3. The lowest BCUT2D eigenvalue weighted by molar-refractivity contribution is 0.669. The maximum atomic E-state index is 6.24. The largest absolute Gasteiger partial charge is 0.456 e. The van der Waals surface area contributed by atoms with Crippen LogP contribution in [-0.2, 0) is 0 Å². The molecule has 0 N–H and O–H groups in total. The van der Waals surface area contributed by atoms with Gasteiger partial charge in [-0.15, -0.1) is 22.7 Å². The Balaban J connectivity index is 1.26. The molecule has 2 nitrogen and oxygen atoms in total. The lowest BCUT2D eigenvalue weighted by Crippen LogP contribution is -2.09. The first-order chi connectivity index (χ1) is 22.8. The van der Waals surface area contributed by atoms with Crippen molar-refractivity contribution in [3.05, 3.63) is 152 Å². The molecule has 0 aliphatic heterocycles. The molecule has 3 heterocycles. The molecule has 0 saturated heterocycles. The van der Waals surface area contributed by atoms with Crippen molar-refractivity contribution in [2.75, 3.05) is 4.90 Å². The number of fused-ring (bicyclic) bond motifs is 9. The van der Waals surface area contributed by atoms with Crippen molar-refractivity contribution in [1.29, 1.82) is 0 Å². The normalized spacial score (nSPS) is 11.9. The fourth-order valence-corrected chi connectivity index (χ4v) is 9.44. The average Bonchev–Trinajstić information content (AvgIpc) is 3.80. The van der Waals surface area contributed by atoms with Crippen LogP contribution in [-0.4, -0.2) is 0 Å². The molecule has 3 aromatic heterocycles. The fourth-order valence-electron chi connectivity index (χ4n) is 6.96. The second-order valence-electron chi connectivity index (χ2n) is 11.7. The number of para-hydroxylation sites is 1. The van der Waals surface area contributed by atoms with Crippen LogP contribution in [0.3, 0.4) is 0 Å². The molecule has 0 aliphatic rings. The van der Waals surface area contributed by atoms with Crippen LogP contribution in [0.4, 0.5) is 17.1 Å². The monoisotopic (exact) mass is 623 g/mol. The summed E-state index contributed by atoms with van der Waals surface area (Å²) in [6.45, 7) is 0. The van der Waals surface area contributed by atoms with Crippen molar-refractivity contribution in [3.63, 3.8) is 0 Å². The Morgan fingerprint density at radius 1 is 0.413 bits per heavy atom. The van der Waals surface area contributed by atoms with Crippen LogP contribution < -0.4 is 4.90 Å². The van der Waals surface area contributed by atoms with Gasteiger partial charge in [-0.05, 0) is 59.7 Å². The Labute approximate surface area is 273 Å². The Morgan fingerprint density at radius 3 is 2.00 bits per heavy atom. The van der Waals surface area contributed by atoms with Crippen molar-refractivity contribution in [3.8, 4) is 11.1 Å². The molecule has 0 atom stereocenters. The molecule has 46 heavy (non-hydrogen) atoms. The van der Waals surface area contributed by atoms with E-state index in [9.17, 15) is 0 Å². The second kappa shape index (κ2) is 10.0. The van der Waals surface area contributed by atoms with Gasteiger partial charge in [0.05, 0.1) is 10.4 Å². The zero-order valence-electron chi connectivity index (χ0n) is 24.6. The van der Waals surface area contributed by atoms with Gasteiger partial charge in [0.1, 0.15) is 11.2 Å². The summed E-state index contributed by atoms with van der Waals surface area (Å²) in [5.41, 5.74) is 7.74. The minimum Gasteiger partial charge on any atom is -0.456 e. The molecule has 0 unspecified atom stereocenters. The molecule has 4 heteroatoms. The number of rotatable bonds is 4. The zero-order chi connectivity index (χ0) is 30.2. The van der Waals surface area contributed by atoms with E-state index in [0.717, 1.165) is 33.3 Å². The molecule has 0 bridgehead atoms. The maximum absolute atomic E-state index is 6.24. The Bertz CT molecular complexity index is 2770. The molecule has 10 aromatic rings. The van der Waals surface area contributed by atoms with Gasteiger partial charge in [0, 0.05) is 57.8 Å². The van der Waals surface area contributed by atoms with E-state index in [2.05, 4.69) is 144 Å². The van der Waals surface area contributed by atoms with Gasteiger partial charge in [0.2, 0.25) is 0 Å². The third-order valence-corrected chi connectivity index (χ3v) is 11.5. The lowest BCUT2D eigenvalue weighted by Gasteiger charge is -2.26. The van der Waals surface area contributed by atoms with E-state index in [4.69, 9.17) is 4.42 Å². The number of furan rings is 1. The van der Waals surface area contributed by atoms with E-state index in [0.29, 0.717) is 0 Å². The first-order valence-corrected chi connectivity index (χ1v) is 17.1. The molecule has 216 valence electrons.